The molecule has 0 aliphatic rings. The Balaban J connectivity index is 2.82. The number of pyridine rings is 1. The molecule has 3 heteroatoms. The summed E-state index contributed by atoms with van der Waals surface area (Å²) in [5.41, 5.74) is 1.28. The molecule has 2 rings (SSSR count). The number of aryl methyl sites for hydroxylation is 1. The molecule has 0 saturated carbocycles. The van der Waals surface area contributed by atoms with Crippen LogP contribution in [0.1, 0.15) is 23.0 Å². The van der Waals surface area contributed by atoms with Crippen LogP contribution < -0.4 is 0 Å². The Hall–Kier alpha value is -1.90. The van der Waals surface area contributed by atoms with Gasteiger partial charge in [-0.25, -0.2) is 9.78 Å². The van der Waals surface area contributed by atoms with E-state index in [1.165, 1.54) is 0 Å². The fraction of sp³-hybridized carbons (Fsp3) is 0.167. The Bertz CT molecular complexity index is 520. The Labute approximate surface area is 87.4 Å². The molecule has 0 aliphatic heterocycles. The zero-order chi connectivity index (χ0) is 10.8. The Kier molecular flexibility index (Phi) is 2.37. The highest BCUT2D eigenvalue weighted by Gasteiger charge is 2.10. The molecule has 15 heavy (non-hydrogen) atoms. The lowest BCUT2D eigenvalue weighted by atomic mass is 10.0. The standard InChI is InChI=1S/C12H11NO2/c1-2-8-4-3-5-10-9(8)6-7-13-11(10)12(14)15/h3-7H,2H2,1H3,(H,14,15). The van der Waals surface area contributed by atoms with Gasteiger partial charge in [-0.2, -0.15) is 0 Å². The number of fused-ring (bicyclic) bond motifs is 1. The van der Waals surface area contributed by atoms with Crippen molar-refractivity contribution in [1.82, 2.24) is 4.98 Å². The monoisotopic (exact) mass is 201 g/mol. The lowest BCUT2D eigenvalue weighted by Crippen LogP contribution is -2.01. The van der Waals surface area contributed by atoms with Crippen LogP contribution in [0.4, 0.5) is 0 Å². The van der Waals surface area contributed by atoms with Crippen molar-refractivity contribution in [3.63, 3.8) is 0 Å². The minimum absolute atomic E-state index is 0.128. The van der Waals surface area contributed by atoms with Crippen molar-refractivity contribution in [2.75, 3.05) is 0 Å². The van der Waals surface area contributed by atoms with Crippen LogP contribution in [0.2, 0.25) is 0 Å². The minimum atomic E-state index is -0.978. The molecule has 76 valence electrons. The van der Waals surface area contributed by atoms with Crippen LogP contribution >= 0.6 is 0 Å². The van der Waals surface area contributed by atoms with Crippen LogP contribution in [0.5, 0.6) is 0 Å². The van der Waals surface area contributed by atoms with Gasteiger partial charge in [0.05, 0.1) is 0 Å². The molecule has 0 radical (unpaired) electrons. The van der Waals surface area contributed by atoms with Gasteiger partial charge < -0.3 is 5.11 Å². The summed E-state index contributed by atoms with van der Waals surface area (Å²) < 4.78 is 0. The van der Waals surface area contributed by atoms with Crippen molar-refractivity contribution < 1.29 is 9.90 Å². The molecule has 0 fully saturated rings. The van der Waals surface area contributed by atoms with Gasteiger partial charge in [0.1, 0.15) is 0 Å². The van der Waals surface area contributed by atoms with Crippen molar-refractivity contribution in [3.05, 3.63) is 41.7 Å². The molecule has 0 saturated heterocycles. The molecule has 1 N–H and O–H groups in total. The summed E-state index contributed by atoms with van der Waals surface area (Å²) in [6.45, 7) is 2.05. The highest BCUT2D eigenvalue weighted by atomic mass is 16.4. The number of benzene rings is 1. The van der Waals surface area contributed by atoms with Gasteiger partial charge in [-0.05, 0) is 23.4 Å². The third kappa shape index (κ3) is 1.56. The van der Waals surface area contributed by atoms with E-state index < -0.39 is 5.97 Å². The largest absolute Gasteiger partial charge is 0.476 e. The summed E-state index contributed by atoms with van der Waals surface area (Å²) in [6.07, 6.45) is 2.44. The summed E-state index contributed by atoms with van der Waals surface area (Å²) in [5.74, 6) is -0.978. The molecule has 3 nitrogen and oxygen atoms in total. The number of rotatable bonds is 2. The zero-order valence-electron chi connectivity index (χ0n) is 8.40. The Morgan fingerprint density at radius 2 is 2.13 bits per heavy atom. The summed E-state index contributed by atoms with van der Waals surface area (Å²) in [6, 6.07) is 7.54. The molecule has 0 amide bonds. The van der Waals surface area contributed by atoms with Gasteiger partial charge in [-0.15, -0.1) is 0 Å². The maximum Gasteiger partial charge on any atom is 0.355 e. The second kappa shape index (κ2) is 3.69. The average molecular weight is 201 g/mol. The number of carbonyl (C=O) groups is 1. The number of carboxylic acid groups (broad SMARTS) is 1. The van der Waals surface area contributed by atoms with Crippen molar-refractivity contribution in [2.24, 2.45) is 0 Å². The van der Waals surface area contributed by atoms with E-state index in [-0.39, 0.29) is 5.69 Å². The van der Waals surface area contributed by atoms with Gasteiger partial charge in [-0.3, -0.25) is 0 Å². The maximum absolute atomic E-state index is 11.0. The molecule has 0 bridgehead atoms. The number of hydrogen-bond acceptors (Lipinski definition) is 2. The normalized spacial score (nSPS) is 10.5. The summed E-state index contributed by atoms with van der Waals surface area (Å²) in [5, 5.41) is 10.7. The molecule has 1 aromatic heterocycles. The van der Waals surface area contributed by atoms with Gasteiger partial charge in [0, 0.05) is 11.6 Å². The van der Waals surface area contributed by atoms with E-state index in [2.05, 4.69) is 11.9 Å². The first-order valence-electron chi connectivity index (χ1n) is 4.84. The molecular weight excluding hydrogens is 190 g/mol. The van der Waals surface area contributed by atoms with Crippen molar-refractivity contribution in [2.45, 2.75) is 13.3 Å². The van der Waals surface area contributed by atoms with Crippen molar-refractivity contribution in [3.8, 4) is 0 Å². The number of aromatic carboxylic acids is 1. The van der Waals surface area contributed by atoms with Crippen LogP contribution in [0.25, 0.3) is 10.8 Å². The molecule has 2 aromatic rings. The van der Waals surface area contributed by atoms with E-state index >= 15 is 0 Å². The minimum Gasteiger partial charge on any atom is -0.476 e. The lowest BCUT2D eigenvalue weighted by Gasteiger charge is -2.05. The molecule has 0 unspecified atom stereocenters. The van der Waals surface area contributed by atoms with Gasteiger partial charge in [-0.1, -0.05) is 25.1 Å². The number of aromatic nitrogens is 1. The molecule has 0 atom stereocenters. The Morgan fingerprint density at radius 1 is 1.33 bits per heavy atom. The van der Waals surface area contributed by atoms with Gasteiger partial charge in [0.2, 0.25) is 0 Å². The zero-order valence-corrected chi connectivity index (χ0v) is 8.40. The van der Waals surface area contributed by atoms with E-state index in [9.17, 15) is 4.79 Å². The highest BCUT2D eigenvalue weighted by Crippen LogP contribution is 2.21. The number of hydrogen-bond donors (Lipinski definition) is 1. The van der Waals surface area contributed by atoms with Gasteiger partial charge >= 0.3 is 5.97 Å². The van der Waals surface area contributed by atoms with Crippen LogP contribution in [0, 0.1) is 0 Å². The average Bonchev–Trinajstić information content (AvgIpc) is 2.27. The van der Waals surface area contributed by atoms with E-state index in [1.807, 2.05) is 18.2 Å². The predicted molar refractivity (Wildman–Crippen MR) is 58.1 cm³/mol. The van der Waals surface area contributed by atoms with Gasteiger partial charge in [0.15, 0.2) is 5.69 Å². The second-order valence-electron chi connectivity index (χ2n) is 3.33. The summed E-state index contributed by atoms with van der Waals surface area (Å²) >= 11 is 0. The molecule has 1 aromatic carbocycles. The summed E-state index contributed by atoms with van der Waals surface area (Å²) in [7, 11) is 0. The smallest absolute Gasteiger partial charge is 0.355 e. The first-order chi connectivity index (χ1) is 7.24. The fourth-order valence-corrected chi connectivity index (χ4v) is 1.75. The van der Waals surface area contributed by atoms with E-state index in [0.29, 0.717) is 5.39 Å². The molecule has 0 spiro atoms. The third-order valence-electron chi connectivity index (χ3n) is 2.48. The molecule has 1 heterocycles. The molecule has 0 aliphatic carbocycles. The Morgan fingerprint density at radius 3 is 2.80 bits per heavy atom. The van der Waals surface area contributed by atoms with Gasteiger partial charge in [0.25, 0.3) is 0 Å². The first kappa shape index (κ1) is 9.65. The quantitative estimate of drug-likeness (QED) is 0.812. The second-order valence-corrected chi connectivity index (χ2v) is 3.33. The number of nitrogens with zero attached hydrogens (tertiary/aromatic N) is 1. The third-order valence-corrected chi connectivity index (χ3v) is 2.48. The predicted octanol–water partition coefficient (Wildman–Crippen LogP) is 2.50. The van der Waals surface area contributed by atoms with Crippen LogP contribution in [-0.2, 0) is 6.42 Å². The topological polar surface area (TPSA) is 50.2 Å². The highest BCUT2D eigenvalue weighted by molar-refractivity contribution is 6.02. The van der Waals surface area contributed by atoms with Crippen molar-refractivity contribution in [1.29, 1.82) is 0 Å². The van der Waals surface area contributed by atoms with E-state index in [4.69, 9.17) is 5.11 Å². The van der Waals surface area contributed by atoms with E-state index in [1.54, 1.807) is 12.3 Å². The fourth-order valence-electron chi connectivity index (χ4n) is 1.75. The lowest BCUT2D eigenvalue weighted by molar-refractivity contribution is 0.0693. The molecular formula is C12H11NO2. The first-order valence-corrected chi connectivity index (χ1v) is 4.84. The SMILES string of the molecule is CCc1cccc2c(C(=O)O)nccc12. The van der Waals surface area contributed by atoms with Crippen LogP contribution in [-0.4, -0.2) is 16.1 Å². The maximum atomic E-state index is 11.0. The van der Waals surface area contributed by atoms with Crippen LogP contribution in [0.3, 0.4) is 0 Å². The van der Waals surface area contributed by atoms with Crippen molar-refractivity contribution >= 4 is 16.7 Å². The summed E-state index contributed by atoms with van der Waals surface area (Å²) in [4.78, 5) is 14.8. The number of carboxylic acids is 1. The van der Waals surface area contributed by atoms with Crippen LogP contribution in [0.15, 0.2) is 30.5 Å². The van der Waals surface area contributed by atoms with E-state index in [0.717, 1.165) is 17.4 Å².